The lowest BCUT2D eigenvalue weighted by atomic mass is 9.98. The molecule has 0 atom stereocenters. The Kier molecular flexibility index (Phi) is 4.32. The van der Waals surface area contributed by atoms with Crippen LogP contribution < -0.4 is 0 Å². The standard InChI is InChI=1S/C11H13Cl.C10H12/c1-11(6-7-11)10-4-2-9(8-12)3-5-10;1-10(7-8-10)9-5-3-2-4-6-9/h2-5H,6-8H2,1H3;2-6H,7-8H2,1H3. The molecule has 0 unspecified atom stereocenters. The fourth-order valence-electron chi connectivity index (χ4n) is 2.79. The lowest BCUT2D eigenvalue weighted by Gasteiger charge is -2.08. The van der Waals surface area contributed by atoms with Crippen LogP contribution in [0.15, 0.2) is 54.6 Å². The van der Waals surface area contributed by atoms with E-state index >= 15 is 0 Å². The van der Waals surface area contributed by atoms with Crippen molar-refractivity contribution in [2.45, 2.75) is 56.2 Å². The third-order valence-corrected chi connectivity index (χ3v) is 5.58. The number of hydrogen-bond acceptors (Lipinski definition) is 0. The molecule has 116 valence electrons. The van der Waals surface area contributed by atoms with Gasteiger partial charge in [0.15, 0.2) is 0 Å². The molecule has 1 heteroatoms. The van der Waals surface area contributed by atoms with E-state index in [9.17, 15) is 0 Å². The summed E-state index contributed by atoms with van der Waals surface area (Å²) in [4.78, 5) is 0. The first-order chi connectivity index (χ1) is 10.6. The van der Waals surface area contributed by atoms with Crippen molar-refractivity contribution in [1.82, 2.24) is 0 Å². The van der Waals surface area contributed by atoms with Gasteiger partial charge in [0.05, 0.1) is 0 Å². The molecule has 0 amide bonds. The molecule has 4 rings (SSSR count). The minimum absolute atomic E-state index is 0.491. The third kappa shape index (κ3) is 3.55. The van der Waals surface area contributed by atoms with E-state index in [0.717, 1.165) is 0 Å². The molecule has 0 bridgehead atoms. The summed E-state index contributed by atoms with van der Waals surface area (Å²) in [5, 5.41) is 0. The summed E-state index contributed by atoms with van der Waals surface area (Å²) in [7, 11) is 0. The van der Waals surface area contributed by atoms with Gasteiger partial charge in [-0.15, -0.1) is 11.6 Å². The van der Waals surface area contributed by atoms with Crippen LogP contribution >= 0.6 is 11.6 Å². The molecule has 0 aliphatic heterocycles. The highest BCUT2D eigenvalue weighted by atomic mass is 35.5. The van der Waals surface area contributed by atoms with Gasteiger partial charge in [-0.1, -0.05) is 68.4 Å². The SMILES string of the molecule is CC1(c2ccc(CCl)cc2)CC1.CC1(c2ccccc2)CC1. The average Bonchev–Trinajstić information content (AvgIpc) is 3.49. The van der Waals surface area contributed by atoms with Crippen molar-refractivity contribution in [2.24, 2.45) is 0 Å². The van der Waals surface area contributed by atoms with E-state index < -0.39 is 0 Å². The van der Waals surface area contributed by atoms with E-state index in [1.54, 1.807) is 0 Å². The second-order valence-corrected chi connectivity index (χ2v) is 7.59. The molecule has 22 heavy (non-hydrogen) atoms. The molecule has 0 N–H and O–H groups in total. The molecular weight excluding hydrogens is 288 g/mol. The fraction of sp³-hybridized carbons (Fsp3) is 0.429. The molecule has 2 aromatic rings. The van der Waals surface area contributed by atoms with Gasteiger partial charge in [0.1, 0.15) is 0 Å². The Balaban J connectivity index is 0.000000133. The number of halogens is 1. The number of benzene rings is 2. The van der Waals surface area contributed by atoms with Gasteiger partial charge in [0.25, 0.3) is 0 Å². The summed E-state index contributed by atoms with van der Waals surface area (Å²) < 4.78 is 0. The average molecular weight is 313 g/mol. The molecule has 0 spiro atoms. The van der Waals surface area contributed by atoms with Crippen LogP contribution in [0.3, 0.4) is 0 Å². The maximum Gasteiger partial charge on any atom is 0.0474 e. The van der Waals surface area contributed by atoms with Crippen LogP contribution in [0.1, 0.15) is 56.2 Å². The van der Waals surface area contributed by atoms with Crippen LogP contribution in [0.5, 0.6) is 0 Å². The van der Waals surface area contributed by atoms with Gasteiger partial charge in [0.2, 0.25) is 0 Å². The van der Waals surface area contributed by atoms with Crippen molar-refractivity contribution in [1.29, 1.82) is 0 Å². The Hall–Kier alpha value is -1.27. The van der Waals surface area contributed by atoms with Gasteiger partial charge in [0, 0.05) is 5.88 Å². The van der Waals surface area contributed by atoms with Crippen LogP contribution in [-0.4, -0.2) is 0 Å². The smallest absolute Gasteiger partial charge is 0.0474 e. The molecule has 2 aromatic carbocycles. The summed E-state index contributed by atoms with van der Waals surface area (Å²) in [6.07, 6.45) is 5.43. The Morgan fingerprint density at radius 3 is 1.59 bits per heavy atom. The first kappa shape index (κ1) is 15.6. The zero-order chi connectivity index (χ0) is 15.6. The summed E-state index contributed by atoms with van der Waals surface area (Å²) in [6, 6.07) is 19.5. The lowest BCUT2D eigenvalue weighted by molar-refractivity contribution is 0.787. The van der Waals surface area contributed by atoms with Gasteiger partial charge < -0.3 is 0 Å². The largest absolute Gasteiger partial charge is 0.122 e. The Morgan fingerprint density at radius 1 is 0.727 bits per heavy atom. The minimum Gasteiger partial charge on any atom is -0.122 e. The fourth-order valence-corrected chi connectivity index (χ4v) is 2.97. The Morgan fingerprint density at radius 2 is 1.18 bits per heavy atom. The molecule has 0 saturated heterocycles. The van der Waals surface area contributed by atoms with Crippen LogP contribution in [0.25, 0.3) is 0 Å². The van der Waals surface area contributed by atoms with Gasteiger partial charge in [-0.3, -0.25) is 0 Å². The summed E-state index contributed by atoms with van der Waals surface area (Å²) >= 11 is 5.71. The highest BCUT2D eigenvalue weighted by Gasteiger charge is 2.39. The van der Waals surface area contributed by atoms with Crippen LogP contribution in [0.4, 0.5) is 0 Å². The van der Waals surface area contributed by atoms with Crippen molar-refractivity contribution in [3.05, 3.63) is 71.3 Å². The summed E-state index contributed by atoms with van der Waals surface area (Å²) in [5.41, 5.74) is 5.22. The minimum atomic E-state index is 0.491. The van der Waals surface area contributed by atoms with Gasteiger partial charge in [-0.2, -0.15) is 0 Å². The summed E-state index contributed by atoms with van der Waals surface area (Å²) in [5.74, 6) is 0.622. The predicted octanol–water partition coefficient (Wildman–Crippen LogP) is 6.22. The van der Waals surface area contributed by atoms with Crippen molar-refractivity contribution >= 4 is 11.6 Å². The maximum absolute atomic E-state index is 5.71. The number of rotatable bonds is 3. The van der Waals surface area contributed by atoms with E-state index in [4.69, 9.17) is 11.6 Å². The van der Waals surface area contributed by atoms with E-state index in [-0.39, 0.29) is 0 Å². The zero-order valence-corrected chi connectivity index (χ0v) is 14.4. The van der Waals surface area contributed by atoms with E-state index in [1.807, 2.05) is 0 Å². The first-order valence-electron chi connectivity index (χ1n) is 8.27. The van der Waals surface area contributed by atoms with Crippen LogP contribution in [-0.2, 0) is 16.7 Å². The molecule has 2 aliphatic carbocycles. The van der Waals surface area contributed by atoms with Crippen molar-refractivity contribution in [3.63, 3.8) is 0 Å². The Bertz CT molecular complexity index is 604. The van der Waals surface area contributed by atoms with Crippen LogP contribution in [0, 0.1) is 0 Å². The molecular formula is C21H25Cl. The molecule has 0 radical (unpaired) electrons. The Labute approximate surface area is 139 Å². The highest BCUT2D eigenvalue weighted by molar-refractivity contribution is 6.17. The normalized spacial score (nSPS) is 19.8. The lowest BCUT2D eigenvalue weighted by Crippen LogP contribution is -1.98. The molecule has 2 fully saturated rings. The van der Waals surface area contributed by atoms with E-state index in [1.165, 1.54) is 42.4 Å². The number of hydrogen-bond donors (Lipinski definition) is 0. The maximum atomic E-state index is 5.71. The second-order valence-electron chi connectivity index (χ2n) is 7.32. The molecule has 2 aliphatic rings. The summed E-state index contributed by atoms with van der Waals surface area (Å²) in [6.45, 7) is 4.66. The second kappa shape index (κ2) is 6.08. The van der Waals surface area contributed by atoms with Gasteiger partial charge >= 0.3 is 0 Å². The van der Waals surface area contributed by atoms with E-state index in [0.29, 0.717) is 16.7 Å². The van der Waals surface area contributed by atoms with Crippen molar-refractivity contribution in [2.75, 3.05) is 0 Å². The zero-order valence-electron chi connectivity index (χ0n) is 13.6. The molecule has 0 heterocycles. The molecule has 2 saturated carbocycles. The first-order valence-corrected chi connectivity index (χ1v) is 8.80. The highest BCUT2D eigenvalue weighted by Crippen LogP contribution is 2.47. The van der Waals surface area contributed by atoms with E-state index in [2.05, 4.69) is 68.4 Å². The topological polar surface area (TPSA) is 0 Å². The third-order valence-electron chi connectivity index (χ3n) is 5.28. The quantitative estimate of drug-likeness (QED) is 0.591. The number of alkyl halides is 1. The van der Waals surface area contributed by atoms with Crippen molar-refractivity contribution < 1.29 is 0 Å². The van der Waals surface area contributed by atoms with Gasteiger partial charge in [-0.25, -0.2) is 0 Å². The molecule has 0 aromatic heterocycles. The molecule has 0 nitrogen and oxygen atoms in total. The predicted molar refractivity (Wildman–Crippen MR) is 95.6 cm³/mol. The van der Waals surface area contributed by atoms with Gasteiger partial charge in [-0.05, 0) is 53.2 Å². The van der Waals surface area contributed by atoms with Crippen LogP contribution in [0.2, 0.25) is 0 Å². The van der Waals surface area contributed by atoms with Crippen molar-refractivity contribution in [3.8, 4) is 0 Å². The monoisotopic (exact) mass is 312 g/mol.